The van der Waals surface area contributed by atoms with E-state index in [-0.39, 0.29) is 11.9 Å². The zero-order valence-electron chi connectivity index (χ0n) is 17.5. The summed E-state index contributed by atoms with van der Waals surface area (Å²) in [6.45, 7) is 7.45. The maximum atomic E-state index is 13.3. The number of urea groups is 1. The van der Waals surface area contributed by atoms with E-state index in [1.807, 2.05) is 6.07 Å². The molecule has 0 aliphatic carbocycles. The van der Waals surface area contributed by atoms with Gasteiger partial charge >= 0.3 is 6.03 Å². The summed E-state index contributed by atoms with van der Waals surface area (Å²) in [5.74, 6) is 1.02. The second kappa shape index (κ2) is 8.14. The van der Waals surface area contributed by atoms with Gasteiger partial charge in [-0.1, -0.05) is 6.07 Å². The van der Waals surface area contributed by atoms with Gasteiger partial charge in [0.1, 0.15) is 18.8 Å². The van der Waals surface area contributed by atoms with Crippen LogP contribution in [0.5, 0.6) is 11.5 Å². The predicted molar refractivity (Wildman–Crippen MR) is 116 cm³/mol. The number of carbonyl (C=O) groups is 2. The fourth-order valence-electron chi connectivity index (χ4n) is 4.31. The van der Waals surface area contributed by atoms with Crippen LogP contribution in [0.15, 0.2) is 35.0 Å². The largest absolute Gasteiger partial charge is 0.486 e. The van der Waals surface area contributed by atoms with Crippen molar-refractivity contribution in [2.45, 2.75) is 19.0 Å². The van der Waals surface area contributed by atoms with E-state index in [9.17, 15) is 9.59 Å². The molecule has 1 aromatic heterocycles. The molecule has 0 unspecified atom stereocenters. The molecule has 0 saturated carbocycles. The number of hydrogen-bond donors (Lipinski definition) is 1. The Kier molecular flexibility index (Phi) is 5.33. The Balaban J connectivity index is 1.23. The maximum absolute atomic E-state index is 13.3. The van der Waals surface area contributed by atoms with Crippen LogP contribution in [0.25, 0.3) is 0 Å². The molecule has 2 fully saturated rings. The highest BCUT2D eigenvalue weighted by Gasteiger charge is 2.49. The molecule has 1 N–H and O–H groups in total. The van der Waals surface area contributed by atoms with E-state index >= 15 is 0 Å². The highest BCUT2D eigenvalue weighted by Crippen LogP contribution is 2.36. The monoisotopic (exact) mass is 442 g/mol. The highest BCUT2D eigenvalue weighted by molar-refractivity contribution is 7.07. The molecule has 0 spiro atoms. The van der Waals surface area contributed by atoms with Gasteiger partial charge in [0.2, 0.25) is 0 Å². The lowest BCUT2D eigenvalue weighted by molar-refractivity contribution is -0.132. The van der Waals surface area contributed by atoms with Crippen molar-refractivity contribution in [1.82, 2.24) is 20.0 Å². The first kappa shape index (κ1) is 20.3. The third kappa shape index (κ3) is 3.88. The van der Waals surface area contributed by atoms with Gasteiger partial charge in [-0.3, -0.25) is 14.6 Å². The number of imide groups is 1. The Bertz CT molecular complexity index is 974. The van der Waals surface area contributed by atoms with Gasteiger partial charge in [-0.05, 0) is 47.0 Å². The molecule has 2 saturated heterocycles. The molecule has 0 radical (unpaired) electrons. The van der Waals surface area contributed by atoms with E-state index in [2.05, 4.69) is 31.9 Å². The van der Waals surface area contributed by atoms with Crippen molar-refractivity contribution in [2.75, 3.05) is 46.1 Å². The smallest absolute Gasteiger partial charge is 0.326 e. The number of rotatable bonds is 5. The van der Waals surface area contributed by atoms with E-state index in [0.717, 1.165) is 32.7 Å². The van der Waals surface area contributed by atoms with Crippen LogP contribution in [-0.4, -0.2) is 72.7 Å². The standard InChI is InChI=1S/C22H26N4O4S/c1-22(17-2-3-18-19(12-17)30-10-9-29-18)20(27)26(21(28)23-22)15-25-7-5-24(6-8-25)13-16-4-11-31-14-16/h2-4,11-12,14H,5-10,13,15H2,1H3,(H,23,28)/t22-/m1/s1. The quantitative estimate of drug-likeness (QED) is 0.715. The number of piperazine rings is 1. The second-order valence-corrected chi connectivity index (χ2v) is 9.09. The number of amides is 3. The molecule has 9 heteroatoms. The molecule has 31 heavy (non-hydrogen) atoms. The van der Waals surface area contributed by atoms with Crippen LogP contribution in [0.3, 0.4) is 0 Å². The number of benzene rings is 1. The van der Waals surface area contributed by atoms with E-state index in [1.54, 1.807) is 30.4 Å². The average molecular weight is 443 g/mol. The summed E-state index contributed by atoms with van der Waals surface area (Å²) in [6, 6.07) is 7.20. The number of nitrogens with one attached hydrogen (secondary N) is 1. The zero-order valence-corrected chi connectivity index (χ0v) is 18.3. The number of ether oxygens (including phenoxy) is 2. The zero-order chi connectivity index (χ0) is 21.4. The van der Waals surface area contributed by atoms with Crippen LogP contribution >= 0.6 is 11.3 Å². The molecule has 8 nitrogen and oxygen atoms in total. The normalized spacial score (nSPS) is 24.5. The van der Waals surface area contributed by atoms with Gasteiger partial charge in [0.15, 0.2) is 11.5 Å². The SMILES string of the molecule is C[C@]1(c2ccc3c(c2)OCCO3)NC(=O)N(CN2CCN(Cc3ccsc3)CC2)C1=O. The van der Waals surface area contributed by atoms with Crippen LogP contribution in [0.1, 0.15) is 18.1 Å². The molecular weight excluding hydrogens is 416 g/mol. The van der Waals surface area contributed by atoms with E-state index in [4.69, 9.17) is 9.47 Å². The van der Waals surface area contributed by atoms with Gasteiger partial charge in [0.05, 0.1) is 6.67 Å². The van der Waals surface area contributed by atoms with Gasteiger partial charge < -0.3 is 14.8 Å². The van der Waals surface area contributed by atoms with Gasteiger partial charge in [-0.15, -0.1) is 0 Å². The molecular formula is C22H26N4O4S. The van der Waals surface area contributed by atoms with Crippen molar-refractivity contribution in [1.29, 1.82) is 0 Å². The molecule has 4 heterocycles. The molecule has 1 aromatic carbocycles. The van der Waals surface area contributed by atoms with Gasteiger partial charge in [-0.25, -0.2) is 9.69 Å². The summed E-state index contributed by atoms with van der Waals surface area (Å²) in [7, 11) is 0. The van der Waals surface area contributed by atoms with Crippen molar-refractivity contribution in [2.24, 2.45) is 0 Å². The Labute approximate surface area is 185 Å². The first-order valence-corrected chi connectivity index (χ1v) is 11.5. The first-order chi connectivity index (χ1) is 15.0. The maximum Gasteiger partial charge on any atom is 0.326 e. The summed E-state index contributed by atoms with van der Waals surface area (Å²) in [5.41, 5.74) is 0.911. The second-order valence-electron chi connectivity index (χ2n) is 8.31. The minimum atomic E-state index is -1.12. The Morgan fingerprint density at radius 2 is 1.77 bits per heavy atom. The number of fused-ring (bicyclic) bond motifs is 1. The molecule has 2 aromatic rings. The number of hydrogen-bond acceptors (Lipinski definition) is 7. The van der Waals surface area contributed by atoms with Crippen LogP contribution in [0.4, 0.5) is 4.79 Å². The van der Waals surface area contributed by atoms with Gasteiger partial charge in [0, 0.05) is 32.7 Å². The molecule has 3 aliphatic rings. The summed E-state index contributed by atoms with van der Waals surface area (Å²) in [6.07, 6.45) is 0. The minimum absolute atomic E-state index is 0.241. The summed E-state index contributed by atoms with van der Waals surface area (Å²) in [4.78, 5) is 31.9. The Morgan fingerprint density at radius 3 is 2.52 bits per heavy atom. The van der Waals surface area contributed by atoms with E-state index < -0.39 is 5.54 Å². The van der Waals surface area contributed by atoms with E-state index in [1.165, 1.54) is 10.5 Å². The summed E-state index contributed by atoms with van der Waals surface area (Å²) >= 11 is 1.72. The molecule has 3 amide bonds. The number of thiophene rings is 1. The molecule has 0 bridgehead atoms. The summed E-state index contributed by atoms with van der Waals surface area (Å²) in [5, 5.41) is 7.16. The van der Waals surface area contributed by atoms with Crippen molar-refractivity contribution in [3.63, 3.8) is 0 Å². The van der Waals surface area contributed by atoms with Crippen molar-refractivity contribution < 1.29 is 19.1 Å². The number of carbonyl (C=O) groups excluding carboxylic acids is 2. The van der Waals surface area contributed by atoms with Gasteiger partial charge in [-0.2, -0.15) is 11.3 Å². The number of nitrogens with zero attached hydrogens (tertiary/aromatic N) is 3. The Hall–Kier alpha value is -2.62. The van der Waals surface area contributed by atoms with Gasteiger partial charge in [0.25, 0.3) is 5.91 Å². The minimum Gasteiger partial charge on any atom is -0.486 e. The lowest BCUT2D eigenvalue weighted by Gasteiger charge is -2.36. The first-order valence-electron chi connectivity index (χ1n) is 10.5. The highest BCUT2D eigenvalue weighted by atomic mass is 32.1. The lowest BCUT2D eigenvalue weighted by atomic mass is 9.91. The molecule has 164 valence electrons. The third-order valence-corrected chi connectivity index (χ3v) is 6.92. The predicted octanol–water partition coefficient (Wildman–Crippen LogP) is 2.06. The molecule has 1 atom stereocenters. The van der Waals surface area contributed by atoms with Crippen LogP contribution in [0.2, 0.25) is 0 Å². The van der Waals surface area contributed by atoms with Crippen molar-refractivity contribution in [3.8, 4) is 11.5 Å². The molecule has 3 aliphatic heterocycles. The van der Waals surface area contributed by atoms with Crippen molar-refractivity contribution in [3.05, 3.63) is 46.2 Å². The fourth-order valence-corrected chi connectivity index (χ4v) is 4.96. The van der Waals surface area contributed by atoms with E-state index in [0.29, 0.717) is 36.9 Å². The molecule has 5 rings (SSSR count). The van der Waals surface area contributed by atoms with Crippen LogP contribution in [0, 0.1) is 0 Å². The van der Waals surface area contributed by atoms with Crippen LogP contribution in [-0.2, 0) is 16.9 Å². The third-order valence-electron chi connectivity index (χ3n) is 6.19. The van der Waals surface area contributed by atoms with Crippen molar-refractivity contribution >= 4 is 23.3 Å². The summed E-state index contributed by atoms with van der Waals surface area (Å²) < 4.78 is 11.2. The van der Waals surface area contributed by atoms with Crippen LogP contribution < -0.4 is 14.8 Å². The average Bonchev–Trinajstić information content (AvgIpc) is 3.37. The topological polar surface area (TPSA) is 74.4 Å². The lowest BCUT2D eigenvalue weighted by Crippen LogP contribution is -2.51. The Morgan fingerprint density at radius 1 is 1.03 bits per heavy atom. The fraction of sp³-hybridized carbons (Fsp3) is 0.455.